The Morgan fingerprint density at radius 2 is 2.03 bits per heavy atom. The molecule has 0 spiro atoms. The first-order valence-corrected chi connectivity index (χ1v) is 12.0. The third-order valence-electron chi connectivity index (χ3n) is 6.24. The zero-order chi connectivity index (χ0) is 22.1. The highest BCUT2D eigenvalue weighted by Gasteiger charge is 2.34. The number of carbonyl (C=O) groups excluding carboxylic acids is 1. The molecule has 1 saturated heterocycles. The van der Waals surface area contributed by atoms with Crippen molar-refractivity contribution in [2.24, 2.45) is 0 Å². The molecule has 0 aliphatic carbocycles. The van der Waals surface area contributed by atoms with Gasteiger partial charge in [0.15, 0.2) is 5.76 Å². The van der Waals surface area contributed by atoms with E-state index in [9.17, 15) is 9.90 Å². The van der Waals surface area contributed by atoms with Crippen molar-refractivity contribution in [2.75, 3.05) is 19.6 Å². The molecule has 0 bridgehead atoms. The number of furan rings is 1. The maximum atomic E-state index is 12.7. The molecule has 166 valence electrons. The largest absolute Gasteiger partial charge is 0.451 e. The monoisotopic (exact) mass is 449 g/mol. The van der Waals surface area contributed by atoms with Crippen LogP contribution >= 0.6 is 11.3 Å². The number of nitrogens with one attached hydrogen (secondary N) is 1. The third-order valence-corrected chi connectivity index (χ3v) is 7.28. The minimum atomic E-state index is -0.828. The number of fused-ring (bicyclic) bond motifs is 2. The van der Waals surface area contributed by atoms with Gasteiger partial charge in [0.1, 0.15) is 10.6 Å². The van der Waals surface area contributed by atoms with Gasteiger partial charge < -0.3 is 19.7 Å². The van der Waals surface area contributed by atoms with Gasteiger partial charge in [-0.1, -0.05) is 25.1 Å². The highest BCUT2D eigenvalue weighted by Crippen LogP contribution is 2.35. The predicted molar refractivity (Wildman–Crippen MR) is 127 cm³/mol. The summed E-state index contributed by atoms with van der Waals surface area (Å²) < 4.78 is 6.89. The molecule has 0 atom stereocenters. The summed E-state index contributed by atoms with van der Waals surface area (Å²) in [6.45, 7) is 5.40. The van der Waals surface area contributed by atoms with Crippen LogP contribution in [0.4, 0.5) is 0 Å². The van der Waals surface area contributed by atoms with E-state index in [0.29, 0.717) is 25.0 Å². The van der Waals surface area contributed by atoms with Crippen molar-refractivity contribution in [3.05, 3.63) is 64.9 Å². The number of para-hydroxylation sites is 1. The molecule has 4 aromatic rings. The Balaban J connectivity index is 1.28. The van der Waals surface area contributed by atoms with Gasteiger partial charge in [-0.25, -0.2) is 4.98 Å². The van der Waals surface area contributed by atoms with Gasteiger partial charge in [-0.15, -0.1) is 11.3 Å². The van der Waals surface area contributed by atoms with E-state index < -0.39 is 5.60 Å². The van der Waals surface area contributed by atoms with Crippen LogP contribution in [0.2, 0.25) is 0 Å². The van der Waals surface area contributed by atoms with Crippen molar-refractivity contribution in [1.82, 2.24) is 15.2 Å². The zero-order valence-electron chi connectivity index (χ0n) is 18.1. The molecule has 0 saturated carbocycles. The lowest BCUT2D eigenvalue weighted by atomic mass is 9.84. The van der Waals surface area contributed by atoms with Crippen LogP contribution < -0.4 is 5.32 Å². The summed E-state index contributed by atoms with van der Waals surface area (Å²) in [5.74, 6) is -0.00314. The minimum Gasteiger partial charge on any atom is -0.451 e. The van der Waals surface area contributed by atoms with E-state index in [1.54, 1.807) is 17.4 Å². The first kappa shape index (κ1) is 21.1. The Morgan fingerprint density at radius 1 is 1.22 bits per heavy atom. The molecule has 0 radical (unpaired) electrons. The lowest BCUT2D eigenvalue weighted by Crippen LogP contribution is -2.42. The van der Waals surface area contributed by atoms with Gasteiger partial charge in [0.05, 0.1) is 22.4 Å². The second-order valence-corrected chi connectivity index (χ2v) is 9.61. The summed E-state index contributed by atoms with van der Waals surface area (Å²) in [4.78, 5) is 19.6. The van der Waals surface area contributed by atoms with E-state index in [2.05, 4.69) is 22.1 Å². The van der Waals surface area contributed by atoms with Crippen LogP contribution in [-0.2, 0) is 12.1 Å². The van der Waals surface area contributed by atoms with Crippen LogP contribution in [-0.4, -0.2) is 40.5 Å². The van der Waals surface area contributed by atoms with E-state index in [1.165, 1.54) is 0 Å². The Labute approximate surface area is 190 Å². The number of aromatic nitrogens is 1. The molecular formula is C25H27N3O3S. The number of benzene rings is 2. The Bertz CT molecular complexity index is 1220. The van der Waals surface area contributed by atoms with Gasteiger partial charge in [-0.05, 0) is 61.7 Å². The Kier molecular flexibility index (Phi) is 5.71. The molecule has 5 rings (SSSR count). The number of piperidine rings is 1. The lowest BCUT2D eigenvalue weighted by Gasteiger charge is -2.38. The molecule has 32 heavy (non-hydrogen) atoms. The normalized spacial score (nSPS) is 16.6. The van der Waals surface area contributed by atoms with Crippen LogP contribution in [0.1, 0.15) is 47.3 Å². The maximum absolute atomic E-state index is 12.7. The number of rotatable bonds is 6. The first-order chi connectivity index (χ1) is 15.5. The number of carbonyl (C=O) groups is 1. The molecule has 3 heterocycles. The predicted octanol–water partition coefficient (Wildman–Crippen LogP) is 4.67. The number of hydrogen-bond acceptors (Lipinski definition) is 6. The van der Waals surface area contributed by atoms with E-state index in [1.807, 2.05) is 42.5 Å². The number of hydrogen-bond donors (Lipinski definition) is 2. The van der Waals surface area contributed by atoms with Gasteiger partial charge in [0.25, 0.3) is 5.91 Å². The second kappa shape index (κ2) is 8.65. The summed E-state index contributed by atoms with van der Waals surface area (Å²) in [6, 6.07) is 15.4. The van der Waals surface area contributed by atoms with Crippen molar-refractivity contribution >= 4 is 38.4 Å². The van der Waals surface area contributed by atoms with E-state index in [4.69, 9.17) is 4.42 Å². The highest BCUT2D eigenvalue weighted by molar-refractivity contribution is 7.18. The summed E-state index contributed by atoms with van der Waals surface area (Å²) >= 11 is 1.57. The van der Waals surface area contributed by atoms with E-state index >= 15 is 0 Å². The maximum Gasteiger partial charge on any atom is 0.287 e. The smallest absolute Gasteiger partial charge is 0.287 e. The molecule has 0 unspecified atom stereocenters. The number of nitrogens with zero attached hydrogens (tertiary/aromatic N) is 2. The second-order valence-electron chi connectivity index (χ2n) is 8.49. The highest BCUT2D eigenvalue weighted by atomic mass is 32.1. The van der Waals surface area contributed by atoms with Gasteiger partial charge in [-0.3, -0.25) is 4.79 Å². The van der Waals surface area contributed by atoms with Crippen molar-refractivity contribution in [3.8, 4) is 0 Å². The molecule has 1 aliphatic rings. The van der Waals surface area contributed by atoms with Crippen molar-refractivity contribution in [3.63, 3.8) is 0 Å². The van der Waals surface area contributed by atoms with Crippen LogP contribution in [0.25, 0.3) is 21.2 Å². The fourth-order valence-electron chi connectivity index (χ4n) is 4.43. The average molecular weight is 450 g/mol. The number of likely N-dealkylation sites (tertiary alicyclic amines) is 1. The van der Waals surface area contributed by atoms with E-state index in [-0.39, 0.29) is 11.7 Å². The summed E-state index contributed by atoms with van der Waals surface area (Å²) in [7, 11) is 0. The molecule has 1 aliphatic heterocycles. The molecule has 2 aromatic carbocycles. The summed E-state index contributed by atoms with van der Waals surface area (Å²) in [6.07, 6.45) is 2.56. The molecule has 7 heteroatoms. The molecule has 1 amide bonds. The average Bonchev–Trinajstić information content (AvgIpc) is 3.42. The van der Waals surface area contributed by atoms with Crippen molar-refractivity contribution in [1.29, 1.82) is 0 Å². The van der Waals surface area contributed by atoms with Gasteiger partial charge in [-0.2, -0.15) is 0 Å². The molecule has 2 aromatic heterocycles. The van der Waals surface area contributed by atoms with Gasteiger partial charge in [0.2, 0.25) is 0 Å². The fraction of sp³-hybridized carbons (Fsp3) is 0.360. The minimum absolute atomic E-state index is 0.267. The molecule has 6 nitrogen and oxygen atoms in total. The number of thiazole rings is 1. The van der Waals surface area contributed by atoms with Crippen LogP contribution in [0.15, 0.2) is 52.9 Å². The summed E-state index contributed by atoms with van der Waals surface area (Å²) in [5.41, 5.74) is 1.65. The quantitative estimate of drug-likeness (QED) is 0.447. The number of aliphatic hydroxyl groups is 1. The Morgan fingerprint density at radius 3 is 2.81 bits per heavy atom. The zero-order valence-corrected chi connectivity index (χ0v) is 19.0. The first-order valence-electron chi connectivity index (χ1n) is 11.2. The van der Waals surface area contributed by atoms with Gasteiger partial charge in [0, 0.05) is 18.5 Å². The van der Waals surface area contributed by atoms with Crippen LogP contribution in [0.5, 0.6) is 0 Å². The summed E-state index contributed by atoms with van der Waals surface area (Å²) in [5, 5.41) is 15.8. The Hall–Kier alpha value is -2.74. The van der Waals surface area contributed by atoms with Gasteiger partial charge >= 0.3 is 0 Å². The topological polar surface area (TPSA) is 78.6 Å². The standard InChI is InChI=1S/C25H27N3O3S/c1-2-11-28-12-9-25(30,10-13-28)18-7-8-20-17(14-18)15-21(31-20)24(29)26-16-23-27-19-5-3-4-6-22(19)32-23/h3-8,14-15,30H,2,9-13,16H2,1H3,(H,26,29). The van der Waals surface area contributed by atoms with Crippen LogP contribution in [0, 0.1) is 0 Å². The van der Waals surface area contributed by atoms with E-state index in [0.717, 1.165) is 52.2 Å². The molecular weight excluding hydrogens is 422 g/mol. The van der Waals surface area contributed by atoms with Crippen molar-refractivity contribution in [2.45, 2.75) is 38.3 Å². The number of amides is 1. The lowest BCUT2D eigenvalue weighted by molar-refractivity contribution is -0.0256. The fourth-order valence-corrected chi connectivity index (χ4v) is 5.34. The molecule has 1 fully saturated rings. The van der Waals surface area contributed by atoms with Crippen molar-refractivity contribution < 1.29 is 14.3 Å². The van der Waals surface area contributed by atoms with Crippen LogP contribution in [0.3, 0.4) is 0 Å². The third kappa shape index (κ3) is 4.16. The molecule has 2 N–H and O–H groups in total. The SMILES string of the molecule is CCCN1CCC(O)(c2ccc3oc(C(=O)NCc4nc5ccccc5s4)cc3c2)CC1.